The van der Waals surface area contributed by atoms with Gasteiger partial charge >= 0.3 is 0 Å². The Bertz CT molecular complexity index is 889. The SMILES string of the molecule is CCOc1ccc(C[NH+]2CCN(S(=O)(=O)c3ccc(C)cc3)CC2)cc1OC. The van der Waals surface area contributed by atoms with Gasteiger partial charge in [0.15, 0.2) is 11.5 Å². The number of hydrogen-bond donors (Lipinski definition) is 1. The quantitative estimate of drug-likeness (QED) is 0.758. The van der Waals surface area contributed by atoms with E-state index in [1.54, 1.807) is 23.5 Å². The highest BCUT2D eigenvalue weighted by Gasteiger charge is 2.30. The van der Waals surface area contributed by atoms with Crippen molar-refractivity contribution < 1.29 is 22.8 Å². The van der Waals surface area contributed by atoms with Gasteiger partial charge in [0.05, 0.1) is 44.8 Å². The van der Waals surface area contributed by atoms with Crippen LogP contribution < -0.4 is 14.4 Å². The number of nitrogens with zero attached hydrogens (tertiary/aromatic N) is 1. The number of rotatable bonds is 7. The summed E-state index contributed by atoms with van der Waals surface area (Å²) in [5.41, 5.74) is 2.21. The number of ether oxygens (including phenoxy) is 2. The van der Waals surface area contributed by atoms with Crippen molar-refractivity contribution in [2.24, 2.45) is 0 Å². The van der Waals surface area contributed by atoms with Crippen LogP contribution in [0, 0.1) is 6.92 Å². The molecule has 1 heterocycles. The Morgan fingerprint density at radius 2 is 1.71 bits per heavy atom. The summed E-state index contributed by atoms with van der Waals surface area (Å²) in [6, 6.07) is 13.1. The fourth-order valence-corrected chi connectivity index (χ4v) is 4.91. The van der Waals surface area contributed by atoms with Crippen LogP contribution in [0.5, 0.6) is 11.5 Å². The number of aryl methyl sites for hydroxylation is 1. The standard InChI is InChI=1S/C21H28N2O4S/c1-4-27-20-10-7-18(15-21(20)26-3)16-22-11-13-23(14-12-22)28(24,25)19-8-5-17(2)6-9-19/h5-10,15H,4,11-14,16H2,1-3H3/p+1. The van der Waals surface area contributed by atoms with E-state index in [0.717, 1.165) is 42.3 Å². The van der Waals surface area contributed by atoms with Gasteiger partial charge < -0.3 is 14.4 Å². The van der Waals surface area contributed by atoms with Gasteiger partial charge in [-0.2, -0.15) is 4.31 Å². The maximum atomic E-state index is 12.8. The first kappa shape index (κ1) is 20.6. The second-order valence-corrected chi connectivity index (χ2v) is 9.00. The second kappa shape index (κ2) is 8.94. The summed E-state index contributed by atoms with van der Waals surface area (Å²) in [5, 5.41) is 0. The molecule has 2 aromatic carbocycles. The molecular weight excluding hydrogens is 376 g/mol. The van der Waals surface area contributed by atoms with Crippen molar-refractivity contribution in [2.75, 3.05) is 39.9 Å². The second-order valence-electron chi connectivity index (χ2n) is 7.06. The molecule has 28 heavy (non-hydrogen) atoms. The van der Waals surface area contributed by atoms with E-state index in [2.05, 4.69) is 6.07 Å². The molecule has 0 spiro atoms. The largest absolute Gasteiger partial charge is 0.493 e. The highest BCUT2D eigenvalue weighted by Crippen LogP contribution is 2.27. The lowest BCUT2D eigenvalue weighted by Gasteiger charge is -2.31. The molecule has 1 N–H and O–H groups in total. The third-order valence-electron chi connectivity index (χ3n) is 5.07. The van der Waals surface area contributed by atoms with Gasteiger partial charge in [0.25, 0.3) is 0 Å². The Kier molecular flexibility index (Phi) is 6.59. The number of quaternary nitrogens is 1. The number of nitrogens with one attached hydrogen (secondary N) is 1. The maximum absolute atomic E-state index is 12.8. The molecule has 3 rings (SSSR count). The average molecular weight is 406 g/mol. The lowest BCUT2D eigenvalue weighted by Crippen LogP contribution is -3.13. The van der Waals surface area contributed by atoms with Gasteiger partial charge in [0, 0.05) is 5.56 Å². The van der Waals surface area contributed by atoms with Crippen LogP contribution in [0.15, 0.2) is 47.4 Å². The molecule has 0 saturated carbocycles. The van der Waals surface area contributed by atoms with E-state index in [1.165, 1.54) is 4.90 Å². The topological polar surface area (TPSA) is 60.3 Å². The van der Waals surface area contributed by atoms with E-state index in [1.807, 2.05) is 38.1 Å². The van der Waals surface area contributed by atoms with Crippen molar-refractivity contribution in [1.82, 2.24) is 4.31 Å². The predicted octanol–water partition coefficient (Wildman–Crippen LogP) is 1.49. The molecule has 7 heteroatoms. The molecule has 0 radical (unpaired) electrons. The molecule has 2 aromatic rings. The van der Waals surface area contributed by atoms with Crippen molar-refractivity contribution in [3.05, 3.63) is 53.6 Å². The molecule has 0 amide bonds. The Morgan fingerprint density at radius 3 is 2.32 bits per heavy atom. The van der Waals surface area contributed by atoms with Crippen LogP contribution in [0.2, 0.25) is 0 Å². The molecule has 0 unspecified atom stereocenters. The smallest absolute Gasteiger partial charge is 0.243 e. The van der Waals surface area contributed by atoms with Gasteiger partial charge in [0.2, 0.25) is 10.0 Å². The van der Waals surface area contributed by atoms with Crippen molar-refractivity contribution in [3.63, 3.8) is 0 Å². The molecule has 1 aliphatic rings. The Morgan fingerprint density at radius 1 is 1.04 bits per heavy atom. The number of methoxy groups -OCH3 is 1. The van der Waals surface area contributed by atoms with Crippen molar-refractivity contribution >= 4 is 10.0 Å². The first-order chi connectivity index (χ1) is 13.4. The monoisotopic (exact) mass is 405 g/mol. The van der Waals surface area contributed by atoms with E-state index in [0.29, 0.717) is 24.6 Å². The van der Waals surface area contributed by atoms with E-state index in [9.17, 15) is 8.42 Å². The van der Waals surface area contributed by atoms with Crippen molar-refractivity contribution in [2.45, 2.75) is 25.3 Å². The summed E-state index contributed by atoms with van der Waals surface area (Å²) in [6.45, 7) is 7.94. The molecule has 0 atom stereocenters. The zero-order chi connectivity index (χ0) is 20.1. The average Bonchev–Trinajstić information content (AvgIpc) is 2.70. The van der Waals surface area contributed by atoms with E-state index in [4.69, 9.17) is 9.47 Å². The number of benzene rings is 2. The molecule has 0 aromatic heterocycles. The summed E-state index contributed by atoms with van der Waals surface area (Å²) in [7, 11) is -1.77. The highest BCUT2D eigenvalue weighted by atomic mass is 32.2. The third-order valence-corrected chi connectivity index (χ3v) is 6.98. The summed E-state index contributed by atoms with van der Waals surface area (Å²) < 4.78 is 38.3. The summed E-state index contributed by atoms with van der Waals surface area (Å²) >= 11 is 0. The van der Waals surface area contributed by atoms with E-state index in [-0.39, 0.29) is 0 Å². The van der Waals surface area contributed by atoms with Crippen LogP contribution >= 0.6 is 0 Å². The van der Waals surface area contributed by atoms with Crippen molar-refractivity contribution in [3.8, 4) is 11.5 Å². The van der Waals surface area contributed by atoms with Gasteiger partial charge in [-0.15, -0.1) is 0 Å². The Balaban J connectivity index is 1.62. The van der Waals surface area contributed by atoms with Crippen LogP contribution in [0.3, 0.4) is 0 Å². The molecule has 152 valence electrons. The Labute approximate surface area is 167 Å². The molecule has 6 nitrogen and oxygen atoms in total. The van der Waals surface area contributed by atoms with Gasteiger partial charge in [-0.3, -0.25) is 0 Å². The van der Waals surface area contributed by atoms with Gasteiger partial charge in [-0.25, -0.2) is 8.42 Å². The van der Waals surface area contributed by atoms with Crippen LogP contribution in [0.1, 0.15) is 18.1 Å². The first-order valence-electron chi connectivity index (χ1n) is 9.64. The van der Waals surface area contributed by atoms with Crippen LogP contribution in [-0.4, -0.2) is 52.6 Å². The normalized spacial score (nSPS) is 16.1. The molecular formula is C21H29N2O4S+. The van der Waals surface area contributed by atoms with Crippen molar-refractivity contribution in [1.29, 1.82) is 0 Å². The molecule has 1 fully saturated rings. The summed E-state index contributed by atoms with van der Waals surface area (Å²) in [5.74, 6) is 1.48. The molecule has 1 aliphatic heterocycles. The lowest BCUT2D eigenvalue weighted by molar-refractivity contribution is -0.917. The number of piperazine rings is 1. The minimum Gasteiger partial charge on any atom is -0.493 e. The highest BCUT2D eigenvalue weighted by molar-refractivity contribution is 7.89. The lowest BCUT2D eigenvalue weighted by atomic mass is 10.1. The minimum atomic E-state index is -3.41. The van der Waals surface area contributed by atoms with Crippen LogP contribution in [0.25, 0.3) is 0 Å². The van der Waals surface area contributed by atoms with Crippen LogP contribution in [0.4, 0.5) is 0 Å². The summed E-state index contributed by atoms with van der Waals surface area (Å²) in [4.78, 5) is 1.74. The number of sulfonamides is 1. The Hall–Kier alpha value is -2.09. The maximum Gasteiger partial charge on any atom is 0.243 e. The minimum absolute atomic E-state index is 0.373. The third kappa shape index (κ3) is 4.66. The number of hydrogen-bond acceptors (Lipinski definition) is 4. The van der Waals surface area contributed by atoms with Crippen LogP contribution in [-0.2, 0) is 16.6 Å². The van der Waals surface area contributed by atoms with E-state index >= 15 is 0 Å². The van der Waals surface area contributed by atoms with Gasteiger partial charge in [0.1, 0.15) is 6.54 Å². The van der Waals surface area contributed by atoms with E-state index < -0.39 is 10.0 Å². The summed E-state index contributed by atoms with van der Waals surface area (Å²) in [6.07, 6.45) is 0. The molecule has 1 saturated heterocycles. The fraction of sp³-hybridized carbons (Fsp3) is 0.429. The first-order valence-corrected chi connectivity index (χ1v) is 11.1. The van der Waals surface area contributed by atoms with Gasteiger partial charge in [-0.1, -0.05) is 17.7 Å². The zero-order valence-corrected chi connectivity index (χ0v) is 17.6. The predicted molar refractivity (Wildman–Crippen MR) is 109 cm³/mol. The van der Waals surface area contributed by atoms with Gasteiger partial charge in [-0.05, 0) is 44.2 Å². The molecule has 0 bridgehead atoms. The molecule has 0 aliphatic carbocycles. The fourth-order valence-electron chi connectivity index (χ4n) is 3.46. The zero-order valence-electron chi connectivity index (χ0n) is 16.8.